The van der Waals surface area contributed by atoms with Crippen molar-refractivity contribution in [3.63, 3.8) is 0 Å². The van der Waals surface area contributed by atoms with E-state index >= 15 is 0 Å². The van der Waals surface area contributed by atoms with E-state index < -0.39 is 17.0 Å². The molecule has 0 spiro atoms. The summed E-state index contributed by atoms with van der Waals surface area (Å²) in [6, 6.07) is 4.30. The van der Waals surface area contributed by atoms with Gasteiger partial charge in [-0.2, -0.15) is 0 Å². The Morgan fingerprint density at radius 3 is 2.80 bits per heavy atom. The van der Waals surface area contributed by atoms with Crippen molar-refractivity contribution in [2.24, 2.45) is 0 Å². The summed E-state index contributed by atoms with van der Waals surface area (Å²) in [5.41, 5.74) is 0.330. The lowest BCUT2D eigenvalue weighted by molar-refractivity contribution is 0.0698. The predicted octanol–water partition coefficient (Wildman–Crippen LogP) is 2.13. The van der Waals surface area contributed by atoms with E-state index in [1.807, 2.05) is 0 Å². The van der Waals surface area contributed by atoms with Gasteiger partial charge in [0.15, 0.2) is 0 Å². The van der Waals surface area contributed by atoms with Crippen molar-refractivity contribution in [3.05, 3.63) is 28.8 Å². The molecule has 2 N–H and O–H groups in total. The number of halogens is 1. The van der Waals surface area contributed by atoms with Crippen LogP contribution in [0.25, 0.3) is 0 Å². The summed E-state index contributed by atoms with van der Waals surface area (Å²) in [6.45, 7) is 1.73. The number of carboxylic acids is 1. The fourth-order valence-corrected chi connectivity index (χ4v) is 1.71. The molecule has 82 valence electrons. The van der Waals surface area contributed by atoms with E-state index in [0.717, 1.165) is 0 Å². The Morgan fingerprint density at radius 2 is 2.27 bits per heavy atom. The maximum Gasteiger partial charge on any atom is 0.337 e. The number of aromatic carboxylic acids is 1. The van der Waals surface area contributed by atoms with Crippen molar-refractivity contribution < 1.29 is 14.1 Å². The molecule has 4 nitrogen and oxygen atoms in total. The Hall–Kier alpha value is -1.07. The normalized spacial score (nSPS) is 12.1. The minimum absolute atomic E-state index is 0.0567. The lowest BCUT2D eigenvalue weighted by atomic mass is 10.2. The van der Waals surface area contributed by atoms with Gasteiger partial charge in [-0.25, -0.2) is 9.00 Å². The third-order valence-electron chi connectivity index (χ3n) is 1.70. The summed E-state index contributed by atoms with van der Waals surface area (Å²) in [5, 5.41) is 9.26. The van der Waals surface area contributed by atoms with E-state index in [9.17, 15) is 9.00 Å². The molecule has 0 fully saturated rings. The first-order valence-corrected chi connectivity index (χ1v) is 5.92. The standard InChI is InChI=1S/C9H10ClNO3S/c1-2-15(14)11-8-5-6(10)3-4-7(8)9(12)13/h3-5,11H,2H2,1H3,(H,12,13). The van der Waals surface area contributed by atoms with Crippen LogP contribution in [-0.2, 0) is 11.0 Å². The second kappa shape index (κ2) is 5.14. The van der Waals surface area contributed by atoms with Gasteiger partial charge >= 0.3 is 5.97 Å². The molecular formula is C9H10ClNO3S. The van der Waals surface area contributed by atoms with E-state index in [1.54, 1.807) is 6.92 Å². The highest BCUT2D eigenvalue weighted by Crippen LogP contribution is 2.21. The average Bonchev–Trinajstić information content (AvgIpc) is 2.17. The van der Waals surface area contributed by atoms with Crippen molar-refractivity contribution in [1.29, 1.82) is 0 Å². The molecule has 0 aromatic heterocycles. The number of rotatable bonds is 4. The van der Waals surface area contributed by atoms with Crippen LogP contribution >= 0.6 is 11.6 Å². The van der Waals surface area contributed by atoms with E-state index in [0.29, 0.717) is 10.8 Å². The average molecular weight is 248 g/mol. The van der Waals surface area contributed by atoms with Crippen molar-refractivity contribution in [1.82, 2.24) is 0 Å². The zero-order valence-electron chi connectivity index (χ0n) is 7.99. The molecule has 0 amide bonds. The van der Waals surface area contributed by atoms with Gasteiger partial charge in [0, 0.05) is 10.8 Å². The molecule has 0 radical (unpaired) electrons. The number of benzene rings is 1. The quantitative estimate of drug-likeness (QED) is 0.857. The van der Waals surface area contributed by atoms with Crippen molar-refractivity contribution >= 4 is 34.2 Å². The van der Waals surface area contributed by atoms with Gasteiger partial charge in [-0.1, -0.05) is 18.5 Å². The third-order valence-corrected chi connectivity index (χ3v) is 2.91. The zero-order valence-corrected chi connectivity index (χ0v) is 9.56. The molecule has 0 aliphatic rings. The molecule has 0 aliphatic heterocycles. The number of anilines is 1. The molecular weight excluding hydrogens is 238 g/mol. The Labute approximate surface area is 94.8 Å². The van der Waals surface area contributed by atoms with Crippen molar-refractivity contribution in [2.75, 3.05) is 10.5 Å². The summed E-state index contributed by atoms with van der Waals surface area (Å²) in [6.07, 6.45) is 0. The molecule has 1 rings (SSSR count). The Morgan fingerprint density at radius 1 is 1.60 bits per heavy atom. The molecule has 1 unspecified atom stereocenters. The Kier molecular flexibility index (Phi) is 4.11. The van der Waals surface area contributed by atoms with E-state index in [1.165, 1.54) is 18.2 Å². The van der Waals surface area contributed by atoms with Crippen LogP contribution in [-0.4, -0.2) is 21.0 Å². The fourth-order valence-electron chi connectivity index (χ4n) is 0.982. The molecule has 1 aromatic carbocycles. The van der Waals surface area contributed by atoms with Crippen LogP contribution in [0.15, 0.2) is 18.2 Å². The number of carbonyl (C=O) groups is 1. The topological polar surface area (TPSA) is 66.4 Å². The van der Waals surface area contributed by atoms with Crippen LogP contribution in [0.3, 0.4) is 0 Å². The molecule has 0 saturated carbocycles. The summed E-state index contributed by atoms with van der Waals surface area (Å²) in [5.74, 6) is -0.687. The highest BCUT2D eigenvalue weighted by molar-refractivity contribution is 7.86. The predicted molar refractivity (Wildman–Crippen MR) is 60.7 cm³/mol. The van der Waals surface area contributed by atoms with Crippen LogP contribution in [0.5, 0.6) is 0 Å². The molecule has 1 aromatic rings. The number of carboxylic acid groups (broad SMARTS) is 1. The summed E-state index contributed by atoms with van der Waals surface area (Å²) in [7, 11) is -1.29. The molecule has 0 saturated heterocycles. The van der Waals surface area contributed by atoms with Crippen molar-refractivity contribution in [3.8, 4) is 0 Å². The van der Waals surface area contributed by atoms with E-state index in [4.69, 9.17) is 16.7 Å². The molecule has 6 heteroatoms. The van der Waals surface area contributed by atoms with E-state index in [-0.39, 0.29) is 11.3 Å². The van der Waals surface area contributed by atoms with E-state index in [2.05, 4.69) is 4.72 Å². The van der Waals surface area contributed by atoms with Crippen LogP contribution in [0.4, 0.5) is 5.69 Å². The lowest BCUT2D eigenvalue weighted by Gasteiger charge is -2.08. The molecule has 1 atom stereocenters. The van der Waals surface area contributed by atoms with Gasteiger partial charge in [0.05, 0.1) is 11.3 Å². The number of hydrogen-bond acceptors (Lipinski definition) is 2. The highest BCUT2D eigenvalue weighted by Gasteiger charge is 2.11. The van der Waals surface area contributed by atoms with Gasteiger partial charge in [-0.3, -0.25) is 0 Å². The van der Waals surface area contributed by atoms with Gasteiger partial charge in [0.2, 0.25) is 0 Å². The van der Waals surface area contributed by atoms with Crippen LogP contribution in [0.2, 0.25) is 5.02 Å². The first kappa shape index (κ1) is 12.0. The van der Waals surface area contributed by atoms with Crippen LogP contribution in [0, 0.1) is 0 Å². The molecule has 0 aliphatic carbocycles. The minimum atomic E-state index is -1.29. The summed E-state index contributed by atoms with van der Waals surface area (Å²) >= 11 is 5.72. The smallest absolute Gasteiger partial charge is 0.337 e. The zero-order chi connectivity index (χ0) is 11.4. The molecule has 0 bridgehead atoms. The maximum atomic E-state index is 11.2. The van der Waals surface area contributed by atoms with Crippen molar-refractivity contribution in [2.45, 2.75) is 6.92 Å². The SMILES string of the molecule is CCS(=O)Nc1cc(Cl)ccc1C(=O)O. The van der Waals surface area contributed by atoms with Gasteiger partial charge in [0.25, 0.3) is 0 Å². The minimum Gasteiger partial charge on any atom is -0.478 e. The van der Waals surface area contributed by atoms with Gasteiger partial charge in [-0.15, -0.1) is 0 Å². The van der Waals surface area contributed by atoms with Gasteiger partial charge in [-0.05, 0) is 18.2 Å². The van der Waals surface area contributed by atoms with Crippen LogP contribution in [0.1, 0.15) is 17.3 Å². The fraction of sp³-hybridized carbons (Fsp3) is 0.222. The summed E-state index contributed by atoms with van der Waals surface area (Å²) < 4.78 is 13.8. The van der Waals surface area contributed by atoms with Gasteiger partial charge < -0.3 is 9.83 Å². The Balaban J connectivity index is 3.07. The largest absolute Gasteiger partial charge is 0.478 e. The third kappa shape index (κ3) is 3.21. The monoisotopic (exact) mass is 247 g/mol. The Bertz CT molecular complexity index is 408. The first-order valence-electron chi connectivity index (χ1n) is 4.22. The second-order valence-corrected chi connectivity index (χ2v) is 4.64. The highest BCUT2D eigenvalue weighted by atomic mass is 35.5. The lowest BCUT2D eigenvalue weighted by Crippen LogP contribution is -2.10. The van der Waals surface area contributed by atoms with Gasteiger partial charge in [0.1, 0.15) is 11.0 Å². The summed E-state index contributed by atoms with van der Waals surface area (Å²) in [4.78, 5) is 10.8. The van der Waals surface area contributed by atoms with Crippen LogP contribution < -0.4 is 4.72 Å². The molecule has 15 heavy (non-hydrogen) atoms. The first-order chi connectivity index (χ1) is 7.04. The maximum absolute atomic E-state index is 11.2. The number of nitrogens with one attached hydrogen (secondary N) is 1. The number of hydrogen-bond donors (Lipinski definition) is 2. The molecule has 0 heterocycles. The second-order valence-electron chi connectivity index (χ2n) is 2.73.